The minimum Gasteiger partial charge on any atom is -0.467 e. The average Bonchev–Trinajstić information content (AvgIpc) is 3.49. The van der Waals surface area contributed by atoms with Crippen molar-refractivity contribution in [3.05, 3.63) is 77.7 Å². The number of rotatable bonds is 9. The highest BCUT2D eigenvalue weighted by atomic mass is 35.5. The highest BCUT2D eigenvalue weighted by Gasteiger charge is 2.35. The van der Waals surface area contributed by atoms with Gasteiger partial charge in [-0.05, 0) is 48.5 Å². The van der Waals surface area contributed by atoms with Crippen LogP contribution in [0.5, 0.6) is 0 Å². The number of ether oxygens (including phenoxy) is 1. The van der Waals surface area contributed by atoms with E-state index in [1.165, 1.54) is 15.8 Å². The van der Waals surface area contributed by atoms with Gasteiger partial charge in [-0.2, -0.15) is 0 Å². The molecular formula is C23H22ClN5O4. The van der Waals surface area contributed by atoms with E-state index < -0.39 is 11.9 Å². The Labute approximate surface area is 194 Å². The largest absolute Gasteiger partial charge is 0.467 e. The van der Waals surface area contributed by atoms with E-state index in [0.29, 0.717) is 34.1 Å². The monoisotopic (exact) mass is 467 g/mol. The van der Waals surface area contributed by atoms with Crippen molar-refractivity contribution in [2.45, 2.75) is 12.6 Å². The molecule has 4 aromatic rings. The number of fused-ring (bicyclic) bond motifs is 1. The Balaban J connectivity index is 1.73. The highest BCUT2D eigenvalue weighted by molar-refractivity contribution is 6.30. The lowest BCUT2D eigenvalue weighted by Crippen LogP contribution is -2.45. The summed E-state index contributed by atoms with van der Waals surface area (Å²) in [6, 6.07) is 16.3. The number of furan rings is 1. The summed E-state index contributed by atoms with van der Waals surface area (Å²) in [7, 11) is 1.54. The van der Waals surface area contributed by atoms with Crippen molar-refractivity contribution in [1.82, 2.24) is 20.3 Å². The SMILES string of the molecule is COCCNC(=O)[C@H](c1ccco1)N(C(=O)Cn1nnc2ccccc21)c1ccc(Cl)cc1. The van der Waals surface area contributed by atoms with Crippen molar-refractivity contribution in [1.29, 1.82) is 0 Å². The molecule has 0 aliphatic rings. The zero-order chi connectivity index (χ0) is 23.2. The second-order valence-electron chi connectivity index (χ2n) is 7.18. The lowest BCUT2D eigenvalue weighted by molar-refractivity contribution is -0.127. The molecule has 1 N–H and O–H groups in total. The van der Waals surface area contributed by atoms with Crippen molar-refractivity contribution < 1.29 is 18.7 Å². The maximum Gasteiger partial charge on any atom is 0.251 e. The van der Waals surface area contributed by atoms with Crippen LogP contribution >= 0.6 is 11.6 Å². The van der Waals surface area contributed by atoms with Gasteiger partial charge in [-0.3, -0.25) is 14.5 Å². The number of aromatic nitrogens is 3. The quantitative estimate of drug-likeness (QED) is 0.379. The van der Waals surface area contributed by atoms with Crippen molar-refractivity contribution >= 4 is 40.1 Å². The summed E-state index contributed by atoms with van der Waals surface area (Å²) >= 11 is 6.07. The van der Waals surface area contributed by atoms with Gasteiger partial charge in [0.05, 0.1) is 18.4 Å². The van der Waals surface area contributed by atoms with Gasteiger partial charge in [0.2, 0.25) is 5.91 Å². The fourth-order valence-electron chi connectivity index (χ4n) is 3.47. The number of para-hydroxylation sites is 1. The molecule has 0 aliphatic carbocycles. The van der Waals surface area contributed by atoms with Crippen LogP contribution in [0.4, 0.5) is 5.69 Å². The molecule has 0 aliphatic heterocycles. The number of carbonyl (C=O) groups is 2. The van der Waals surface area contributed by atoms with Gasteiger partial charge in [0.15, 0.2) is 6.04 Å². The second kappa shape index (κ2) is 10.3. The molecule has 0 saturated heterocycles. The maximum atomic E-state index is 13.7. The Kier molecular flexibility index (Phi) is 7.01. The molecule has 0 unspecified atom stereocenters. The number of nitrogens with zero attached hydrogens (tertiary/aromatic N) is 4. The summed E-state index contributed by atoms with van der Waals surface area (Å²) in [6.45, 7) is 0.477. The zero-order valence-electron chi connectivity index (χ0n) is 17.8. The normalized spacial score (nSPS) is 11.9. The predicted molar refractivity (Wildman–Crippen MR) is 123 cm³/mol. The molecule has 0 fully saturated rings. The number of amides is 2. The predicted octanol–water partition coefficient (Wildman–Crippen LogP) is 3.21. The zero-order valence-corrected chi connectivity index (χ0v) is 18.6. The first kappa shape index (κ1) is 22.5. The van der Waals surface area contributed by atoms with Crippen molar-refractivity contribution in [2.24, 2.45) is 0 Å². The van der Waals surface area contributed by atoms with E-state index in [-0.39, 0.29) is 19.0 Å². The van der Waals surface area contributed by atoms with Crippen LogP contribution in [0.2, 0.25) is 5.02 Å². The van der Waals surface area contributed by atoms with Crippen LogP contribution in [0.3, 0.4) is 0 Å². The Morgan fingerprint density at radius 3 is 2.67 bits per heavy atom. The number of hydrogen-bond acceptors (Lipinski definition) is 6. The number of carbonyl (C=O) groups excluding carboxylic acids is 2. The first-order valence-electron chi connectivity index (χ1n) is 10.2. The summed E-state index contributed by atoms with van der Waals surface area (Å²) in [4.78, 5) is 28.3. The van der Waals surface area contributed by atoms with Gasteiger partial charge in [-0.25, -0.2) is 4.68 Å². The molecule has 0 radical (unpaired) electrons. The van der Waals surface area contributed by atoms with Crippen LogP contribution in [-0.4, -0.2) is 47.1 Å². The van der Waals surface area contributed by atoms with Gasteiger partial charge < -0.3 is 14.5 Å². The van der Waals surface area contributed by atoms with Crippen LogP contribution in [0.1, 0.15) is 11.8 Å². The Morgan fingerprint density at radius 1 is 1.15 bits per heavy atom. The molecule has 4 rings (SSSR count). The van der Waals surface area contributed by atoms with E-state index in [1.807, 2.05) is 24.3 Å². The Morgan fingerprint density at radius 2 is 1.94 bits per heavy atom. The smallest absolute Gasteiger partial charge is 0.251 e. The van der Waals surface area contributed by atoms with E-state index in [4.69, 9.17) is 20.8 Å². The molecule has 2 aromatic carbocycles. The molecule has 0 bridgehead atoms. The summed E-state index contributed by atoms with van der Waals surface area (Å²) in [5.74, 6) is -0.471. The lowest BCUT2D eigenvalue weighted by atomic mass is 10.1. The molecule has 2 aromatic heterocycles. The van der Waals surface area contributed by atoms with Gasteiger partial charge in [-0.1, -0.05) is 28.9 Å². The van der Waals surface area contributed by atoms with Gasteiger partial charge in [-0.15, -0.1) is 5.10 Å². The van der Waals surface area contributed by atoms with E-state index in [0.717, 1.165) is 0 Å². The molecular weight excluding hydrogens is 446 g/mol. The van der Waals surface area contributed by atoms with E-state index in [9.17, 15) is 9.59 Å². The third kappa shape index (κ3) is 5.05. The topological polar surface area (TPSA) is 102 Å². The number of methoxy groups -OCH3 is 1. The fourth-order valence-corrected chi connectivity index (χ4v) is 3.60. The molecule has 0 spiro atoms. The standard InChI is InChI=1S/C23H22ClN5O4/c1-32-14-12-25-23(31)22(20-7-4-13-33-20)29(17-10-8-16(24)9-11-17)21(30)15-28-19-6-3-2-5-18(19)26-27-28/h2-11,13,22H,12,14-15H2,1H3,(H,25,31)/t22-/m0/s1. The average molecular weight is 468 g/mol. The second-order valence-corrected chi connectivity index (χ2v) is 7.61. The molecule has 170 valence electrons. The van der Waals surface area contributed by atoms with Crippen molar-refractivity contribution in [3.63, 3.8) is 0 Å². The van der Waals surface area contributed by atoms with Gasteiger partial charge in [0, 0.05) is 24.4 Å². The van der Waals surface area contributed by atoms with Crippen molar-refractivity contribution in [3.8, 4) is 0 Å². The number of benzene rings is 2. The molecule has 1 atom stereocenters. The fraction of sp³-hybridized carbons (Fsp3) is 0.217. The van der Waals surface area contributed by atoms with Gasteiger partial charge in [0.25, 0.3) is 5.91 Å². The lowest BCUT2D eigenvalue weighted by Gasteiger charge is -2.30. The minimum atomic E-state index is -1.06. The third-order valence-electron chi connectivity index (χ3n) is 5.00. The first-order chi connectivity index (χ1) is 16.1. The van der Waals surface area contributed by atoms with Crippen LogP contribution in [0.25, 0.3) is 11.0 Å². The van der Waals surface area contributed by atoms with Crippen LogP contribution < -0.4 is 10.2 Å². The number of hydrogen-bond donors (Lipinski definition) is 1. The minimum absolute atomic E-state index is 0.133. The maximum absolute atomic E-state index is 13.7. The summed E-state index contributed by atoms with van der Waals surface area (Å²) in [5, 5.41) is 11.5. The number of halogens is 1. The third-order valence-corrected chi connectivity index (χ3v) is 5.26. The molecule has 9 nitrogen and oxygen atoms in total. The van der Waals surface area contributed by atoms with E-state index in [2.05, 4.69) is 15.6 Å². The molecule has 33 heavy (non-hydrogen) atoms. The summed E-state index contributed by atoms with van der Waals surface area (Å²) in [6.07, 6.45) is 1.46. The van der Waals surface area contributed by atoms with Gasteiger partial charge in [0.1, 0.15) is 17.8 Å². The summed E-state index contributed by atoms with van der Waals surface area (Å²) < 4.78 is 12.1. The molecule has 0 saturated carbocycles. The Bertz CT molecular complexity index is 1220. The molecule has 2 heterocycles. The van der Waals surface area contributed by atoms with E-state index >= 15 is 0 Å². The van der Waals surface area contributed by atoms with Crippen LogP contribution in [-0.2, 0) is 20.9 Å². The summed E-state index contributed by atoms with van der Waals surface area (Å²) in [5.41, 5.74) is 1.86. The van der Waals surface area contributed by atoms with Crippen molar-refractivity contribution in [2.75, 3.05) is 25.2 Å². The number of nitrogens with one attached hydrogen (secondary N) is 1. The van der Waals surface area contributed by atoms with Crippen LogP contribution in [0, 0.1) is 0 Å². The van der Waals surface area contributed by atoms with Crippen LogP contribution in [0.15, 0.2) is 71.3 Å². The first-order valence-corrected chi connectivity index (χ1v) is 10.6. The Hall–Kier alpha value is -3.69. The highest BCUT2D eigenvalue weighted by Crippen LogP contribution is 2.30. The molecule has 10 heteroatoms. The molecule has 2 amide bonds. The number of anilines is 1. The van der Waals surface area contributed by atoms with Gasteiger partial charge >= 0.3 is 0 Å². The van der Waals surface area contributed by atoms with E-state index in [1.54, 1.807) is 43.5 Å².